The fraction of sp³-hybridized carbons (Fsp3) is 0.400. The lowest BCUT2D eigenvalue weighted by Crippen LogP contribution is -2.36. The third kappa shape index (κ3) is 4.29. The molecule has 1 aromatic carbocycles. The van der Waals surface area contributed by atoms with Crippen molar-refractivity contribution in [3.63, 3.8) is 0 Å². The zero-order chi connectivity index (χ0) is 17.7. The molecule has 0 spiro atoms. The van der Waals surface area contributed by atoms with Gasteiger partial charge in [0.2, 0.25) is 11.7 Å². The van der Waals surface area contributed by atoms with Crippen molar-refractivity contribution >= 4 is 23.5 Å². The van der Waals surface area contributed by atoms with Crippen molar-refractivity contribution in [2.24, 2.45) is 0 Å². The highest BCUT2D eigenvalue weighted by Gasteiger charge is 2.25. The van der Waals surface area contributed by atoms with E-state index in [9.17, 15) is 9.59 Å². The van der Waals surface area contributed by atoms with Gasteiger partial charge >= 0.3 is 5.97 Å². The molecule has 0 fully saturated rings. The Morgan fingerprint density at radius 1 is 1.33 bits per heavy atom. The number of tetrazole rings is 1. The zero-order valence-corrected chi connectivity index (χ0v) is 14.1. The number of nitrogens with zero attached hydrogens (tertiary/aromatic N) is 5. The molecule has 1 N–H and O–H groups in total. The summed E-state index contributed by atoms with van der Waals surface area (Å²) in [6.45, 7) is 1.96. The summed E-state index contributed by atoms with van der Waals surface area (Å²) in [7, 11) is 1.56. The average Bonchev–Trinajstić information content (AvgIpc) is 3.03. The molecule has 2 aromatic rings. The summed E-state index contributed by atoms with van der Waals surface area (Å²) in [5.41, 5.74) is 0.743. The number of amides is 1. The second-order valence-electron chi connectivity index (χ2n) is 5.27. The quantitative estimate of drug-likeness (QED) is 0.817. The summed E-state index contributed by atoms with van der Waals surface area (Å²) >= 11 is 5.85. The molecule has 0 aliphatic carbocycles. The molecule has 0 bridgehead atoms. The Morgan fingerprint density at radius 2 is 2.00 bits per heavy atom. The highest BCUT2D eigenvalue weighted by molar-refractivity contribution is 6.30. The van der Waals surface area contributed by atoms with Crippen LogP contribution in [-0.2, 0) is 9.59 Å². The van der Waals surface area contributed by atoms with E-state index >= 15 is 0 Å². The molecule has 1 aromatic heterocycles. The van der Waals surface area contributed by atoms with Gasteiger partial charge in [-0.2, -0.15) is 4.80 Å². The van der Waals surface area contributed by atoms with Gasteiger partial charge in [0, 0.05) is 24.2 Å². The molecule has 1 atom stereocenters. The van der Waals surface area contributed by atoms with E-state index in [1.165, 1.54) is 9.70 Å². The van der Waals surface area contributed by atoms with Crippen LogP contribution < -0.4 is 0 Å². The van der Waals surface area contributed by atoms with Crippen LogP contribution in [-0.4, -0.2) is 55.7 Å². The van der Waals surface area contributed by atoms with Gasteiger partial charge < -0.3 is 10.0 Å². The fourth-order valence-electron chi connectivity index (χ4n) is 2.14. The molecule has 0 aliphatic rings. The van der Waals surface area contributed by atoms with E-state index in [0.29, 0.717) is 17.3 Å². The fourth-order valence-corrected chi connectivity index (χ4v) is 2.26. The van der Waals surface area contributed by atoms with Crippen LogP contribution in [0.15, 0.2) is 24.3 Å². The first kappa shape index (κ1) is 17.9. The molecular weight excluding hydrogens is 334 g/mol. The van der Waals surface area contributed by atoms with Crippen LogP contribution in [0.5, 0.6) is 0 Å². The number of carbonyl (C=O) groups is 2. The van der Waals surface area contributed by atoms with E-state index in [1.807, 2.05) is 6.92 Å². The number of likely N-dealkylation sites (N-methyl/N-ethyl adjacent to an activating group) is 1. The van der Waals surface area contributed by atoms with E-state index in [2.05, 4.69) is 15.4 Å². The summed E-state index contributed by atoms with van der Waals surface area (Å²) < 4.78 is 0. The molecular formula is C15H18ClN5O3. The van der Waals surface area contributed by atoms with Crippen molar-refractivity contribution in [3.05, 3.63) is 29.3 Å². The summed E-state index contributed by atoms with van der Waals surface area (Å²) in [6, 6.07) is 6.36. The minimum Gasteiger partial charge on any atom is -0.481 e. The number of rotatable bonds is 7. The maximum atomic E-state index is 12.5. The van der Waals surface area contributed by atoms with Crippen LogP contribution in [0.25, 0.3) is 11.4 Å². The molecule has 0 radical (unpaired) electrons. The van der Waals surface area contributed by atoms with Crippen LogP contribution in [0.2, 0.25) is 5.02 Å². The maximum absolute atomic E-state index is 12.5. The molecule has 24 heavy (non-hydrogen) atoms. The Bertz CT molecular complexity index is 716. The molecule has 1 amide bonds. The summed E-state index contributed by atoms with van der Waals surface area (Å²) in [5, 5.41) is 21.5. The summed E-state index contributed by atoms with van der Waals surface area (Å²) in [4.78, 5) is 25.7. The van der Waals surface area contributed by atoms with Gasteiger partial charge in [-0.05, 0) is 35.9 Å². The molecule has 128 valence electrons. The van der Waals surface area contributed by atoms with E-state index in [4.69, 9.17) is 16.7 Å². The highest BCUT2D eigenvalue weighted by atomic mass is 35.5. The van der Waals surface area contributed by atoms with Crippen LogP contribution in [0.1, 0.15) is 25.8 Å². The number of aliphatic carboxylic acids is 1. The van der Waals surface area contributed by atoms with Gasteiger partial charge in [-0.3, -0.25) is 9.59 Å². The topological polar surface area (TPSA) is 101 Å². The van der Waals surface area contributed by atoms with Gasteiger partial charge in [0.25, 0.3) is 0 Å². The van der Waals surface area contributed by atoms with E-state index in [-0.39, 0.29) is 18.9 Å². The van der Waals surface area contributed by atoms with Gasteiger partial charge in [0.15, 0.2) is 6.04 Å². The van der Waals surface area contributed by atoms with Gasteiger partial charge in [-0.25, -0.2) is 0 Å². The maximum Gasteiger partial charge on any atom is 0.305 e. The number of carboxylic acid groups (broad SMARTS) is 1. The predicted octanol–water partition coefficient (Wildman–Crippen LogP) is 1.88. The number of hydrogen-bond donors (Lipinski definition) is 1. The Kier molecular flexibility index (Phi) is 5.86. The van der Waals surface area contributed by atoms with Crippen molar-refractivity contribution in [2.75, 3.05) is 13.6 Å². The summed E-state index contributed by atoms with van der Waals surface area (Å²) in [6.07, 6.45) is 0.353. The number of aromatic nitrogens is 4. The largest absolute Gasteiger partial charge is 0.481 e. The van der Waals surface area contributed by atoms with Crippen LogP contribution in [0.4, 0.5) is 0 Å². The van der Waals surface area contributed by atoms with Gasteiger partial charge in [-0.1, -0.05) is 18.5 Å². The first-order valence-electron chi connectivity index (χ1n) is 7.44. The molecule has 0 saturated heterocycles. The van der Waals surface area contributed by atoms with Crippen molar-refractivity contribution < 1.29 is 14.7 Å². The van der Waals surface area contributed by atoms with Gasteiger partial charge in [0.1, 0.15) is 0 Å². The monoisotopic (exact) mass is 351 g/mol. The second kappa shape index (κ2) is 7.87. The third-order valence-electron chi connectivity index (χ3n) is 3.52. The lowest BCUT2D eigenvalue weighted by molar-refractivity contribution is -0.139. The minimum atomic E-state index is -0.952. The first-order chi connectivity index (χ1) is 11.4. The van der Waals surface area contributed by atoms with Crippen molar-refractivity contribution in [3.8, 4) is 11.4 Å². The lowest BCUT2D eigenvalue weighted by Gasteiger charge is -2.21. The Balaban J connectivity index is 2.14. The van der Waals surface area contributed by atoms with Crippen molar-refractivity contribution in [2.45, 2.75) is 25.8 Å². The SMILES string of the molecule is CCC(C(=O)N(C)CCC(=O)O)n1nnc(-c2ccc(Cl)cc2)n1. The Morgan fingerprint density at radius 3 is 2.58 bits per heavy atom. The Hall–Kier alpha value is -2.48. The Labute approximate surface area is 144 Å². The van der Waals surface area contributed by atoms with Crippen LogP contribution in [0, 0.1) is 0 Å². The molecule has 8 nitrogen and oxygen atoms in total. The predicted molar refractivity (Wildman–Crippen MR) is 87.5 cm³/mol. The van der Waals surface area contributed by atoms with E-state index in [0.717, 1.165) is 5.56 Å². The summed E-state index contributed by atoms with van der Waals surface area (Å²) in [5.74, 6) is -0.809. The smallest absolute Gasteiger partial charge is 0.305 e. The number of hydrogen-bond acceptors (Lipinski definition) is 5. The standard InChI is InChI=1S/C15H18ClN5O3/c1-3-12(15(24)20(2)9-8-13(22)23)21-18-14(17-19-21)10-4-6-11(16)7-5-10/h4-7,12H,3,8-9H2,1-2H3,(H,22,23). The molecule has 0 saturated carbocycles. The zero-order valence-electron chi connectivity index (χ0n) is 13.4. The first-order valence-corrected chi connectivity index (χ1v) is 7.82. The van der Waals surface area contributed by atoms with Crippen LogP contribution >= 0.6 is 11.6 Å². The lowest BCUT2D eigenvalue weighted by atomic mass is 10.2. The third-order valence-corrected chi connectivity index (χ3v) is 3.77. The second-order valence-corrected chi connectivity index (χ2v) is 5.70. The van der Waals surface area contributed by atoms with Gasteiger partial charge in [-0.15, -0.1) is 10.2 Å². The number of carboxylic acids is 1. The normalized spacial score (nSPS) is 12.0. The average molecular weight is 352 g/mol. The van der Waals surface area contributed by atoms with Crippen LogP contribution in [0.3, 0.4) is 0 Å². The molecule has 2 rings (SSSR count). The number of benzene rings is 1. The van der Waals surface area contributed by atoms with Crippen molar-refractivity contribution in [1.29, 1.82) is 0 Å². The van der Waals surface area contributed by atoms with E-state index < -0.39 is 12.0 Å². The molecule has 1 heterocycles. The highest BCUT2D eigenvalue weighted by Crippen LogP contribution is 2.19. The van der Waals surface area contributed by atoms with Crippen molar-refractivity contribution in [1.82, 2.24) is 25.1 Å². The molecule has 9 heteroatoms. The van der Waals surface area contributed by atoms with Gasteiger partial charge in [0.05, 0.1) is 6.42 Å². The number of carbonyl (C=O) groups excluding carboxylic acids is 1. The molecule has 0 aliphatic heterocycles. The minimum absolute atomic E-state index is 0.112. The molecule has 1 unspecified atom stereocenters. The van der Waals surface area contributed by atoms with E-state index in [1.54, 1.807) is 31.3 Å². The number of halogens is 1.